The summed E-state index contributed by atoms with van der Waals surface area (Å²) in [6.45, 7) is 4.26. The first-order valence-corrected chi connectivity index (χ1v) is 7.10. The first-order chi connectivity index (χ1) is 9.10. The topological polar surface area (TPSA) is 49.3 Å². The zero-order valence-corrected chi connectivity index (χ0v) is 11.8. The molecule has 0 spiro atoms. The van der Waals surface area contributed by atoms with Crippen molar-refractivity contribution in [1.29, 1.82) is 0 Å². The number of nitrogens with one attached hydrogen (secondary N) is 1. The molecule has 0 aliphatic heterocycles. The van der Waals surface area contributed by atoms with Gasteiger partial charge in [0.05, 0.1) is 11.6 Å². The second-order valence-electron chi connectivity index (χ2n) is 4.41. The Hall–Kier alpha value is -1.81. The summed E-state index contributed by atoms with van der Waals surface area (Å²) >= 11 is 1.81. The summed E-state index contributed by atoms with van der Waals surface area (Å²) in [7, 11) is 0. The fourth-order valence-corrected chi connectivity index (χ4v) is 2.80. The fraction of sp³-hybridized carbons (Fsp3) is 0.267. The second-order valence-corrected chi connectivity index (χ2v) is 5.61. The van der Waals surface area contributed by atoms with E-state index in [-0.39, 0.29) is 6.04 Å². The molecule has 0 fully saturated rings. The Kier molecular flexibility index (Phi) is 4.22. The van der Waals surface area contributed by atoms with Gasteiger partial charge in [-0.25, -0.2) is 4.79 Å². The van der Waals surface area contributed by atoms with Gasteiger partial charge in [0, 0.05) is 15.4 Å². The maximum Gasteiger partial charge on any atom is 0.335 e. The van der Waals surface area contributed by atoms with Crippen molar-refractivity contribution in [2.45, 2.75) is 26.3 Å². The van der Waals surface area contributed by atoms with Crippen LogP contribution < -0.4 is 5.32 Å². The molecule has 100 valence electrons. The summed E-state index contributed by atoms with van der Waals surface area (Å²) in [5.74, 6) is -0.898. The van der Waals surface area contributed by atoms with Crippen LogP contribution >= 0.6 is 11.3 Å². The van der Waals surface area contributed by atoms with Crippen molar-refractivity contribution < 1.29 is 9.90 Å². The normalized spacial score (nSPS) is 12.1. The molecule has 2 rings (SSSR count). The van der Waals surface area contributed by atoms with E-state index in [9.17, 15) is 4.79 Å². The van der Waals surface area contributed by atoms with Gasteiger partial charge in [-0.15, -0.1) is 11.3 Å². The summed E-state index contributed by atoms with van der Waals surface area (Å²) in [6.07, 6.45) is 1.06. The molecule has 0 amide bonds. The lowest BCUT2D eigenvalue weighted by atomic mass is 10.2. The molecule has 0 aliphatic rings. The van der Waals surface area contributed by atoms with E-state index in [0.717, 1.165) is 12.1 Å². The lowest BCUT2D eigenvalue weighted by molar-refractivity contribution is 0.0697. The molecular weight excluding hydrogens is 258 g/mol. The number of carbonyl (C=O) groups is 1. The molecule has 1 unspecified atom stereocenters. The van der Waals surface area contributed by atoms with Crippen molar-refractivity contribution in [2.24, 2.45) is 0 Å². The Morgan fingerprint density at radius 2 is 1.95 bits per heavy atom. The van der Waals surface area contributed by atoms with Gasteiger partial charge in [0.2, 0.25) is 0 Å². The van der Waals surface area contributed by atoms with E-state index in [1.54, 1.807) is 24.3 Å². The largest absolute Gasteiger partial charge is 0.478 e. The number of aromatic carboxylic acids is 1. The second kappa shape index (κ2) is 5.89. The maximum absolute atomic E-state index is 10.8. The fourth-order valence-electron chi connectivity index (χ4n) is 1.85. The maximum atomic E-state index is 10.8. The monoisotopic (exact) mass is 275 g/mol. The summed E-state index contributed by atoms with van der Waals surface area (Å²) in [4.78, 5) is 13.4. The van der Waals surface area contributed by atoms with Gasteiger partial charge in [-0.1, -0.05) is 6.92 Å². The lowest BCUT2D eigenvalue weighted by Gasteiger charge is -2.13. The average Bonchev–Trinajstić information content (AvgIpc) is 2.88. The third kappa shape index (κ3) is 3.35. The summed E-state index contributed by atoms with van der Waals surface area (Å²) in [5.41, 5.74) is 1.24. The first-order valence-electron chi connectivity index (χ1n) is 6.28. The van der Waals surface area contributed by atoms with Crippen molar-refractivity contribution in [3.63, 3.8) is 0 Å². The van der Waals surface area contributed by atoms with Gasteiger partial charge in [0.1, 0.15) is 0 Å². The number of carboxylic acids is 1. The molecule has 0 bridgehead atoms. The number of benzene rings is 1. The Bertz CT molecular complexity index is 560. The van der Waals surface area contributed by atoms with Crippen LogP contribution in [0.5, 0.6) is 0 Å². The average molecular weight is 275 g/mol. The zero-order chi connectivity index (χ0) is 13.8. The van der Waals surface area contributed by atoms with Gasteiger partial charge in [0.15, 0.2) is 0 Å². The van der Waals surface area contributed by atoms with Crippen LogP contribution in [0.1, 0.15) is 40.0 Å². The van der Waals surface area contributed by atoms with Crippen LogP contribution in [0.3, 0.4) is 0 Å². The van der Waals surface area contributed by atoms with Crippen LogP contribution in [0.15, 0.2) is 36.4 Å². The van der Waals surface area contributed by atoms with Gasteiger partial charge < -0.3 is 10.4 Å². The van der Waals surface area contributed by atoms with E-state index in [1.807, 2.05) is 11.3 Å². The third-order valence-electron chi connectivity index (χ3n) is 2.97. The number of carboxylic acid groups (broad SMARTS) is 1. The Labute approximate surface area is 116 Å². The van der Waals surface area contributed by atoms with Crippen LogP contribution in [-0.4, -0.2) is 11.1 Å². The van der Waals surface area contributed by atoms with Gasteiger partial charge in [-0.2, -0.15) is 0 Å². The molecule has 0 aliphatic carbocycles. The molecule has 1 atom stereocenters. The van der Waals surface area contributed by atoms with Crippen molar-refractivity contribution >= 4 is 23.0 Å². The van der Waals surface area contributed by atoms with Gasteiger partial charge in [-0.3, -0.25) is 0 Å². The summed E-state index contributed by atoms with van der Waals surface area (Å²) < 4.78 is 0. The van der Waals surface area contributed by atoms with Crippen LogP contribution in [-0.2, 0) is 6.42 Å². The van der Waals surface area contributed by atoms with Gasteiger partial charge in [-0.05, 0) is 49.7 Å². The molecule has 19 heavy (non-hydrogen) atoms. The SMILES string of the molecule is CCc1ccc(C(C)Nc2ccc(C(=O)O)cc2)s1. The molecule has 0 saturated carbocycles. The summed E-state index contributed by atoms with van der Waals surface area (Å²) in [5, 5.41) is 12.2. The van der Waals surface area contributed by atoms with E-state index in [0.29, 0.717) is 5.56 Å². The standard InChI is InChI=1S/C15H17NO2S/c1-3-13-8-9-14(19-13)10(2)16-12-6-4-11(5-7-12)15(17)18/h4-10,16H,3H2,1-2H3,(H,17,18). The highest BCUT2D eigenvalue weighted by Gasteiger charge is 2.09. The number of anilines is 1. The number of hydrogen-bond donors (Lipinski definition) is 2. The van der Waals surface area contributed by atoms with E-state index in [4.69, 9.17) is 5.11 Å². The minimum atomic E-state index is -0.898. The Morgan fingerprint density at radius 3 is 2.47 bits per heavy atom. The van der Waals surface area contributed by atoms with E-state index in [2.05, 4.69) is 31.3 Å². The molecule has 1 aromatic heterocycles. The molecule has 3 nitrogen and oxygen atoms in total. The highest BCUT2D eigenvalue weighted by atomic mass is 32.1. The molecule has 1 aromatic carbocycles. The van der Waals surface area contributed by atoms with Gasteiger partial charge >= 0.3 is 5.97 Å². The third-order valence-corrected chi connectivity index (χ3v) is 4.38. The van der Waals surface area contributed by atoms with E-state index < -0.39 is 5.97 Å². The Morgan fingerprint density at radius 1 is 1.26 bits per heavy atom. The van der Waals surface area contributed by atoms with Crippen LogP contribution in [0.25, 0.3) is 0 Å². The predicted molar refractivity (Wildman–Crippen MR) is 79.1 cm³/mol. The van der Waals surface area contributed by atoms with E-state index in [1.165, 1.54) is 9.75 Å². The molecule has 2 N–H and O–H groups in total. The number of thiophene rings is 1. The number of rotatable bonds is 5. The van der Waals surface area contributed by atoms with Crippen LogP contribution in [0.2, 0.25) is 0 Å². The highest BCUT2D eigenvalue weighted by molar-refractivity contribution is 7.12. The van der Waals surface area contributed by atoms with Crippen LogP contribution in [0, 0.1) is 0 Å². The number of aryl methyl sites for hydroxylation is 1. The van der Waals surface area contributed by atoms with Crippen LogP contribution in [0.4, 0.5) is 5.69 Å². The van der Waals surface area contributed by atoms with Crippen molar-refractivity contribution in [2.75, 3.05) is 5.32 Å². The molecule has 2 aromatic rings. The first kappa shape index (κ1) is 13.6. The molecule has 0 saturated heterocycles. The van der Waals surface area contributed by atoms with Crippen molar-refractivity contribution in [3.05, 3.63) is 51.7 Å². The highest BCUT2D eigenvalue weighted by Crippen LogP contribution is 2.26. The van der Waals surface area contributed by atoms with Crippen molar-refractivity contribution in [1.82, 2.24) is 0 Å². The summed E-state index contributed by atoms with van der Waals surface area (Å²) in [6, 6.07) is 11.4. The quantitative estimate of drug-likeness (QED) is 0.860. The smallest absolute Gasteiger partial charge is 0.335 e. The minimum absolute atomic E-state index is 0.223. The molecule has 1 heterocycles. The van der Waals surface area contributed by atoms with E-state index >= 15 is 0 Å². The Balaban J connectivity index is 2.05. The van der Waals surface area contributed by atoms with Crippen molar-refractivity contribution in [3.8, 4) is 0 Å². The van der Waals surface area contributed by atoms with Gasteiger partial charge in [0.25, 0.3) is 0 Å². The molecule has 0 radical (unpaired) electrons. The molecular formula is C15H17NO2S. The molecule has 4 heteroatoms. The zero-order valence-electron chi connectivity index (χ0n) is 11.0. The predicted octanol–water partition coefficient (Wildman–Crippen LogP) is 4.18. The number of hydrogen-bond acceptors (Lipinski definition) is 3. The minimum Gasteiger partial charge on any atom is -0.478 e. The lowest BCUT2D eigenvalue weighted by Crippen LogP contribution is -2.05.